The van der Waals surface area contributed by atoms with Gasteiger partial charge in [-0.05, 0) is 37.7 Å². The average molecular weight is 336 g/mol. The van der Waals surface area contributed by atoms with E-state index in [9.17, 15) is 14.9 Å². The average Bonchev–Trinajstić information content (AvgIpc) is 3.11. The Kier molecular flexibility index (Phi) is 5.47. The number of rotatable bonds is 5. The minimum Gasteiger partial charge on any atom is -0.395 e. The fraction of sp³-hybridized carbons (Fsp3) is 0.688. The van der Waals surface area contributed by atoms with E-state index in [-0.39, 0.29) is 11.7 Å². The SMILES string of the molecule is O=C(NCC1CCC(N2CCNCC2)CC1)c1ccc([N+](=O)[O-])o1. The molecule has 0 bridgehead atoms. The number of amides is 1. The molecule has 1 aromatic heterocycles. The third-order valence-electron chi connectivity index (χ3n) is 5.03. The highest BCUT2D eigenvalue weighted by atomic mass is 16.6. The van der Waals surface area contributed by atoms with Crippen molar-refractivity contribution in [1.29, 1.82) is 0 Å². The van der Waals surface area contributed by atoms with Crippen molar-refractivity contribution >= 4 is 11.8 Å². The van der Waals surface area contributed by atoms with E-state index < -0.39 is 10.8 Å². The van der Waals surface area contributed by atoms with Gasteiger partial charge >= 0.3 is 5.88 Å². The van der Waals surface area contributed by atoms with Crippen molar-refractivity contribution < 1.29 is 14.1 Å². The van der Waals surface area contributed by atoms with Crippen LogP contribution in [0.2, 0.25) is 0 Å². The molecule has 2 aliphatic rings. The van der Waals surface area contributed by atoms with Gasteiger partial charge in [0.15, 0.2) is 5.76 Å². The maximum absolute atomic E-state index is 12.0. The molecule has 8 nitrogen and oxygen atoms in total. The first-order chi connectivity index (χ1) is 11.6. The van der Waals surface area contributed by atoms with Gasteiger partial charge in [-0.15, -0.1) is 0 Å². The predicted molar refractivity (Wildman–Crippen MR) is 87.9 cm³/mol. The molecule has 2 fully saturated rings. The molecule has 3 rings (SSSR count). The maximum atomic E-state index is 12.0. The molecule has 0 spiro atoms. The van der Waals surface area contributed by atoms with E-state index in [4.69, 9.17) is 4.42 Å². The molecule has 0 unspecified atom stereocenters. The maximum Gasteiger partial charge on any atom is 0.433 e. The molecule has 1 aromatic rings. The quantitative estimate of drug-likeness (QED) is 0.622. The van der Waals surface area contributed by atoms with Crippen LogP contribution in [0.25, 0.3) is 0 Å². The second-order valence-corrected chi connectivity index (χ2v) is 6.57. The molecule has 1 aliphatic carbocycles. The zero-order chi connectivity index (χ0) is 16.9. The summed E-state index contributed by atoms with van der Waals surface area (Å²) in [6, 6.07) is 3.22. The Bertz CT molecular complexity index is 574. The topological polar surface area (TPSA) is 101 Å². The summed E-state index contributed by atoms with van der Waals surface area (Å²) < 4.78 is 4.92. The molecule has 24 heavy (non-hydrogen) atoms. The van der Waals surface area contributed by atoms with Gasteiger partial charge in [-0.3, -0.25) is 19.8 Å². The monoisotopic (exact) mass is 336 g/mol. The number of carbonyl (C=O) groups excluding carboxylic acids is 1. The van der Waals surface area contributed by atoms with E-state index >= 15 is 0 Å². The van der Waals surface area contributed by atoms with Crippen LogP contribution in [0, 0.1) is 16.0 Å². The van der Waals surface area contributed by atoms with E-state index in [1.807, 2.05) is 0 Å². The zero-order valence-electron chi connectivity index (χ0n) is 13.7. The fourth-order valence-electron chi connectivity index (χ4n) is 3.63. The van der Waals surface area contributed by atoms with Crippen LogP contribution >= 0.6 is 0 Å². The summed E-state index contributed by atoms with van der Waals surface area (Å²) >= 11 is 0. The van der Waals surface area contributed by atoms with Crippen molar-refractivity contribution in [3.8, 4) is 0 Å². The first kappa shape index (κ1) is 16.9. The van der Waals surface area contributed by atoms with Crippen LogP contribution in [0.5, 0.6) is 0 Å². The lowest BCUT2D eigenvalue weighted by Gasteiger charge is -2.39. The van der Waals surface area contributed by atoms with E-state index in [0.29, 0.717) is 18.5 Å². The van der Waals surface area contributed by atoms with Gasteiger partial charge in [0.25, 0.3) is 5.91 Å². The normalized spacial score (nSPS) is 25.3. The van der Waals surface area contributed by atoms with Crippen LogP contribution < -0.4 is 10.6 Å². The predicted octanol–water partition coefficient (Wildman–Crippen LogP) is 1.38. The number of nitro groups is 1. The summed E-state index contributed by atoms with van der Waals surface area (Å²) in [6.45, 7) is 5.00. The van der Waals surface area contributed by atoms with Gasteiger partial charge in [0, 0.05) is 38.8 Å². The summed E-state index contributed by atoms with van der Waals surface area (Å²) in [4.78, 5) is 24.5. The number of carbonyl (C=O) groups is 1. The molecular weight excluding hydrogens is 312 g/mol. The van der Waals surface area contributed by atoms with Crippen molar-refractivity contribution in [3.05, 3.63) is 28.0 Å². The van der Waals surface area contributed by atoms with Gasteiger partial charge in [-0.2, -0.15) is 0 Å². The van der Waals surface area contributed by atoms with Gasteiger partial charge in [-0.1, -0.05) is 0 Å². The first-order valence-corrected chi connectivity index (χ1v) is 8.60. The van der Waals surface area contributed by atoms with Crippen LogP contribution in [0.3, 0.4) is 0 Å². The van der Waals surface area contributed by atoms with Crippen molar-refractivity contribution in [2.75, 3.05) is 32.7 Å². The molecule has 8 heteroatoms. The highest BCUT2D eigenvalue weighted by Crippen LogP contribution is 2.27. The summed E-state index contributed by atoms with van der Waals surface area (Å²) in [5.74, 6) is -0.321. The molecular formula is C16H24N4O4. The van der Waals surface area contributed by atoms with Crippen LogP contribution in [-0.4, -0.2) is 54.5 Å². The first-order valence-electron chi connectivity index (χ1n) is 8.60. The van der Waals surface area contributed by atoms with Crippen LogP contribution in [0.15, 0.2) is 16.5 Å². The molecule has 2 N–H and O–H groups in total. The van der Waals surface area contributed by atoms with Crippen molar-refractivity contribution in [3.63, 3.8) is 0 Å². The third-order valence-corrected chi connectivity index (χ3v) is 5.03. The van der Waals surface area contributed by atoms with Crippen LogP contribution in [-0.2, 0) is 0 Å². The highest BCUT2D eigenvalue weighted by Gasteiger charge is 2.27. The smallest absolute Gasteiger partial charge is 0.395 e. The Morgan fingerprint density at radius 2 is 2.00 bits per heavy atom. The number of nitrogens with zero attached hydrogens (tertiary/aromatic N) is 2. The largest absolute Gasteiger partial charge is 0.433 e. The summed E-state index contributed by atoms with van der Waals surface area (Å²) in [5, 5.41) is 16.8. The van der Waals surface area contributed by atoms with Gasteiger partial charge in [0.1, 0.15) is 4.92 Å². The number of hydrogen-bond donors (Lipinski definition) is 2. The van der Waals surface area contributed by atoms with Crippen LogP contribution in [0.1, 0.15) is 36.2 Å². The molecule has 0 atom stereocenters. The van der Waals surface area contributed by atoms with Gasteiger partial charge in [0.2, 0.25) is 0 Å². The van der Waals surface area contributed by atoms with Crippen molar-refractivity contribution in [2.45, 2.75) is 31.7 Å². The lowest BCUT2D eigenvalue weighted by atomic mass is 9.85. The second kappa shape index (κ2) is 7.76. The Labute approximate surface area is 140 Å². The van der Waals surface area contributed by atoms with Crippen molar-refractivity contribution in [2.24, 2.45) is 5.92 Å². The molecule has 0 radical (unpaired) electrons. The number of nitrogens with one attached hydrogen (secondary N) is 2. The Morgan fingerprint density at radius 1 is 1.29 bits per heavy atom. The lowest BCUT2D eigenvalue weighted by Crippen LogP contribution is -2.49. The third kappa shape index (κ3) is 4.12. The van der Waals surface area contributed by atoms with E-state index in [1.54, 1.807) is 0 Å². The minimum atomic E-state index is -0.645. The Hall–Kier alpha value is -1.93. The Balaban J connectivity index is 1.41. The number of furan rings is 1. The minimum absolute atomic E-state index is 0.00352. The van der Waals surface area contributed by atoms with Gasteiger partial charge in [-0.25, -0.2) is 0 Å². The zero-order valence-corrected chi connectivity index (χ0v) is 13.7. The molecule has 1 saturated carbocycles. The molecule has 1 aliphatic heterocycles. The molecule has 2 heterocycles. The highest BCUT2D eigenvalue weighted by molar-refractivity contribution is 5.91. The molecule has 132 valence electrons. The number of hydrogen-bond acceptors (Lipinski definition) is 6. The molecule has 1 saturated heterocycles. The van der Waals surface area contributed by atoms with E-state index in [1.165, 1.54) is 25.0 Å². The van der Waals surface area contributed by atoms with Gasteiger partial charge in [0.05, 0.1) is 6.07 Å². The summed E-state index contributed by atoms with van der Waals surface area (Å²) in [5.41, 5.74) is 0. The molecule has 1 amide bonds. The standard InChI is InChI=1S/C16H24N4O4/c21-16(14-5-6-15(24-14)20(22)23)18-11-12-1-3-13(4-2-12)19-9-7-17-8-10-19/h5-6,12-13,17H,1-4,7-11H2,(H,18,21). The summed E-state index contributed by atoms with van der Waals surface area (Å²) in [7, 11) is 0. The Morgan fingerprint density at radius 3 is 2.62 bits per heavy atom. The van der Waals surface area contributed by atoms with Gasteiger partial charge < -0.3 is 15.1 Å². The summed E-state index contributed by atoms with van der Waals surface area (Å²) in [6.07, 6.45) is 4.56. The lowest BCUT2D eigenvalue weighted by molar-refractivity contribution is -0.402. The fourth-order valence-corrected chi connectivity index (χ4v) is 3.63. The number of piperazine rings is 1. The molecule has 0 aromatic carbocycles. The van der Waals surface area contributed by atoms with Crippen molar-refractivity contribution in [1.82, 2.24) is 15.5 Å². The van der Waals surface area contributed by atoms with E-state index in [0.717, 1.165) is 39.0 Å². The second-order valence-electron chi connectivity index (χ2n) is 6.57. The van der Waals surface area contributed by atoms with E-state index in [2.05, 4.69) is 15.5 Å². The van der Waals surface area contributed by atoms with Crippen LogP contribution in [0.4, 0.5) is 5.88 Å².